The Kier molecular flexibility index (Phi) is 4.06. The predicted octanol–water partition coefficient (Wildman–Crippen LogP) is 3.45. The molecule has 0 aliphatic rings. The molecule has 0 saturated heterocycles. The monoisotopic (exact) mass is 303 g/mol. The fraction of sp³-hybridized carbons (Fsp3) is 0.0526. The summed E-state index contributed by atoms with van der Waals surface area (Å²) in [5.74, 6) is -0.537. The number of amides is 1. The number of hydrogen-bond donors (Lipinski definition) is 1. The summed E-state index contributed by atoms with van der Waals surface area (Å²) in [6.45, 7) is 2.03. The number of carbonyl (C=O) groups is 1. The zero-order valence-electron chi connectivity index (χ0n) is 12.8. The van der Waals surface area contributed by atoms with Gasteiger partial charge in [-0.3, -0.25) is 4.79 Å². The third-order valence-electron chi connectivity index (χ3n) is 3.51. The second-order valence-electron chi connectivity index (χ2n) is 5.31. The van der Waals surface area contributed by atoms with E-state index in [0.717, 1.165) is 22.5 Å². The van der Waals surface area contributed by atoms with Crippen LogP contribution in [0.4, 0.5) is 0 Å². The van der Waals surface area contributed by atoms with E-state index in [-0.39, 0.29) is 5.69 Å². The van der Waals surface area contributed by atoms with Gasteiger partial charge >= 0.3 is 0 Å². The van der Waals surface area contributed by atoms with Gasteiger partial charge < -0.3 is 5.73 Å². The van der Waals surface area contributed by atoms with Crippen LogP contribution >= 0.6 is 0 Å². The van der Waals surface area contributed by atoms with Gasteiger partial charge in [0.05, 0.1) is 11.4 Å². The lowest BCUT2D eigenvalue weighted by Crippen LogP contribution is -2.12. The van der Waals surface area contributed by atoms with Crippen LogP contribution < -0.4 is 5.73 Å². The highest BCUT2D eigenvalue weighted by molar-refractivity contribution is 5.91. The predicted molar refractivity (Wildman–Crippen MR) is 92.2 cm³/mol. The summed E-state index contributed by atoms with van der Waals surface area (Å²) in [6.07, 6.45) is 3.90. The van der Waals surface area contributed by atoms with Gasteiger partial charge in [0.15, 0.2) is 5.69 Å². The van der Waals surface area contributed by atoms with Crippen molar-refractivity contribution in [2.24, 2.45) is 5.73 Å². The van der Waals surface area contributed by atoms with Crippen LogP contribution in [0.5, 0.6) is 0 Å². The van der Waals surface area contributed by atoms with Gasteiger partial charge in [0, 0.05) is 0 Å². The number of primary amides is 1. The summed E-state index contributed by atoms with van der Waals surface area (Å²) >= 11 is 0. The van der Waals surface area contributed by atoms with Crippen molar-refractivity contribution in [1.29, 1.82) is 0 Å². The minimum atomic E-state index is -0.537. The van der Waals surface area contributed by atoms with E-state index < -0.39 is 5.91 Å². The van der Waals surface area contributed by atoms with E-state index in [0.29, 0.717) is 0 Å². The van der Waals surface area contributed by atoms with Crippen LogP contribution in [0.15, 0.2) is 60.7 Å². The van der Waals surface area contributed by atoms with Crippen LogP contribution in [0.1, 0.15) is 27.3 Å². The van der Waals surface area contributed by atoms with Crippen molar-refractivity contribution in [3.05, 3.63) is 83.2 Å². The molecule has 0 fully saturated rings. The fourth-order valence-electron chi connectivity index (χ4n) is 2.27. The Labute approximate surface area is 134 Å². The summed E-state index contributed by atoms with van der Waals surface area (Å²) in [5.41, 5.74) is 9.54. The molecule has 0 saturated carbocycles. The number of benzene rings is 2. The van der Waals surface area contributed by atoms with Crippen LogP contribution in [0.25, 0.3) is 17.8 Å². The molecule has 0 radical (unpaired) electrons. The Morgan fingerprint density at radius 2 is 1.74 bits per heavy atom. The minimum absolute atomic E-state index is 0.248. The molecule has 0 atom stereocenters. The topological polar surface area (TPSA) is 60.9 Å². The first-order valence-electron chi connectivity index (χ1n) is 7.33. The molecule has 23 heavy (non-hydrogen) atoms. The molecule has 1 aromatic heterocycles. The second-order valence-corrected chi connectivity index (χ2v) is 5.31. The van der Waals surface area contributed by atoms with Gasteiger partial charge in [-0.25, -0.2) is 4.68 Å². The number of carbonyl (C=O) groups excluding carboxylic acids is 1. The lowest BCUT2D eigenvalue weighted by molar-refractivity contribution is 0.0995. The molecule has 2 aromatic carbocycles. The fourth-order valence-corrected chi connectivity index (χ4v) is 2.27. The highest BCUT2D eigenvalue weighted by Crippen LogP contribution is 2.16. The van der Waals surface area contributed by atoms with Crippen molar-refractivity contribution in [2.45, 2.75) is 6.92 Å². The Morgan fingerprint density at radius 1 is 1.04 bits per heavy atom. The maximum Gasteiger partial charge on any atom is 0.269 e. The Bertz CT molecular complexity index is 846. The van der Waals surface area contributed by atoms with Crippen molar-refractivity contribution in [2.75, 3.05) is 0 Å². The summed E-state index contributed by atoms with van der Waals surface area (Å²) in [5, 5.41) is 4.31. The average Bonchev–Trinajstić information content (AvgIpc) is 2.99. The molecule has 0 aliphatic heterocycles. The molecular weight excluding hydrogens is 286 g/mol. The van der Waals surface area contributed by atoms with Gasteiger partial charge in [0.1, 0.15) is 0 Å². The van der Waals surface area contributed by atoms with Crippen molar-refractivity contribution >= 4 is 18.1 Å². The van der Waals surface area contributed by atoms with Crippen LogP contribution in [-0.2, 0) is 0 Å². The zero-order chi connectivity index (χ0) is 16.2. The molecule has 1 amide bonds. The summed E-state index contributed by atoms with van der Waals surface area (Å²) < 4.78 is 1.72. The number of hydrogen-bond acceptors (Lipinski definition) is 2. The maximum absolute atomic E-state index is 11.4. The van der Waals surface area contributed by atoms with Gasteiger partial charge in [0.2, 0.25) is 0 Å². The van der Waals surface area contributed by atoms with Crippen molar-refractivity contribution < 1.29 is 4.79 Å². The normalized spacial score (nSPS) is 11.0. The number of aryl methyl sites for hydroxylation is 1. The minimum Gasteiger partial charge on any atom is -0.364 e. The highest BCUT2D eigenvalue weighted by Gasteiger charge is 2.11. The first kappa shape index (κ1) is 14.8. The number of rotatable bonds is 4. The highest BCUT2D eigenvalue weighted by atomic mass is 16.1. The number of aromatic nitrogens is 2. The third-order valence-corrected chi connectivity index (χ3v) is 3.51. The van der Waals surface area contributed by atoms with Gasteiger partial charge in [-0.2, -0.15) is 5.10 Å². The van der Waals surface area contributed by atoms with E-state index in [4.69, 9.17) is 5.73 Å². The van der Waals surface area contributed by atoms with Crippen molar-refractivity contribution in [3.63, 3.8) is 0 Å². The molecule has 3 rings (SSSR count). The standard InChI is InChI=1S/C19H17N3O/c1-14-7-10-16(11-8-14)22-17(13-18(21-22)19(20)23)12-9-15-5-3-2-4-6-15/h2-13H,1H3,(H2,20,23)/b12-9+. The molecule has 114 valence electrons. The van der Waals surface area contributed by atoms with Crippen LogP contribution in [0.2, 0.25) is 0 Å². The van der Waals surface area contributed by atoms with Crippen molar-refractivity contribution in [1.82, 2.24) is 9.78 Å². The smallest absolute Gasteiger partial charge is 0.269 e. The summed E-state index contributed by atoms with van der Waals surface area (Å²) in [7, 11) is 0. The summed E-state index contributed by atoms with van der Waals surface area (Å²) in [4.78, 5) is 11.4. The lowest BCUT2D eigenvalue weighted by atomic mass is 10.2. The number of nitrogens with zero attached hydrogens (tertiary/aromatic N) is 2. The molecule has 4 nitrogen and oxygen atoms in total. The SMILES string of the molecule is Cc1ccc(-n2nc(C(N)=O)cc2/C=C/c2ccccc2)cc1. The van der Waals surface area contributed by atoms with E-state index in [9.17, 15) is 4.79 Å². The summed E-state index contributed by atoms with van der Waals surface area (Å²) in [6, 6.07) is 19.6. The quantitative estimate of drug-likeness (QED) is 0.802. The van der Waals surface area contributed by atoms with E-state index >= 15 is 0 Å². The molecule has 0 bridgehead atoms. The molecule has 0 aliphatic carbocycles. The van der Waals surface area contributed by atoms with Gasteiger partial charge in [0.25, 0.3) is 5.91 Å². The largest absolute Gasteiger partial charge is 0.364 e. The van der Waals surface area contributed by atoms with Gasteiger partial charge in [-0.05, 0) is 36.8 Å². The lowest BCUT2D eigenvalue weighted by Gasteiger charge is -2.05. The Hall–Kier alpha value is -3.14. The molecule has 1 heterocycles. The second kappa shape index (κ2) is 6.32. The maximum atomic E-state index is 11.4. The average molecular weight is 303 g/mol. The van der Waals surface area contributed by atoms with Crippen LogP contribution in [0.3, 0.4) is 0 Å². The van der Waals surface area contributed by atoms with Gasteiger partial charge in [-0.1, -0.05) is 54.1 Å². The Morgan fingerprint density at radius 3 is 2.39 bits per heavy atom. The zero-order valence-corrected chi connectivity index (χ0v) is 12.8. The van der Waals surface area contributed by atoms with E-state index in [1.165, 1.54) is 0 Å². The van der Waals surface area contributed by atoms with E-state index in [2.05, 4.69) is 5.10 Å². The molecule has 0 unspecified atom stereocenters. The molecule has 0 spiro atoms. The first-order valence-corrected chi connectivity index (χ1v) is 7.33. The van der Waals surface area contributed by atoms with E-state index in [1.54, 1.807) is 10.7 Å². The van der Waals surface area contributed by atoms with Gasteiger partial charge in [-0.15, -0.1) is 0 Å². The van der Waals surface area contributed by atoms with Crippen LogP contribution in [-0.4, -0.2) is 15.7 Å². The van der Waals surface area contributed by atoms with E-state index in [1.807, 2.05) is 73.7 Å². The first-order chi connectivity index (χ1) is 11.1. The number of nitrogens with two attached hydrogens (primary N) is 1. The van der Waals surface area contributed by atoms with Crippen molar-refractivity contribution in [3.8, 4) is 5.69 Å². The molecule has 4 heteroatoms. The molecular formula is C19H17N3O. The Balaban J connectivity index is 2.03. The molecule has 3 aromatic rings. The third kappa shape index (κ3) is 3.37. The van der Waals surface area contributed by atoms with Crippen LogP contribution in [0, 0.1) is 6.92 Å². The molecule has 2 N–H and O–H groups in total.